The van der Waals surface area contributed by atoms with E-state index in [-0.39, 0.29) is 38.6 Å². The summed E-state index contributed by atoms with van der Waals surface area (Å²) in [5, 5.41) is 9.72. The Hall–Kier alpha value is -4.57. The topological polar surface area (TPSA) is 108 Å². The first kappa shape index (κ1) is 72.4. The van der Waals surface area contributed by atoms with Crippen LogP contribution in [0.4, 0.5) is 0 Å². The van der Waals surface area contributed by atoms with Crippen LogP contribution in [0.3, 0.4) is 0 Å². The number of hydrogen-bond acceptors (Lipinski definition) is 7. The van der Waals surface area contributed by atoms with Crippen LogP contribution in [0.5, 0.6) is 0 Å². The van der Waals surface area contributed by atoms with Crippen molar-refractivity contribution in [2.75, 3.05) is 47.5 Å². The third kappa shape index (κ3) is 58.9. The molecule has 9 nitrogen and oxygen atoms in total. The highest BCUT2D eigenvalue weighted by molar-refractivity contribution is 5.71. The average Bonchev–Trinajstić information content (AvgIpc) is 3.40. The first-order valence-electron chi connectivity index (χ1n) is 30.3. The molecule has 0 saturated heterocycles. The van der Waals surface area contributed by atoms with Crippen molar-refractivity contribution in [1.29, 1.82) is 0 Å². The Morgan fingerprint density at radius 2 is 0.701 bits per heavy atom. The Morgan fingerprint density at radius 3 is 1.04 bits per heavy atom. The molecule has 0 aliphatic rings. The number of carbonyl (C=O) groups is 3. The van der Waals surface area contributed by atoms with Crippen molar-refractivity contribution in [3.63, 3.8) is 0 Å². The molecule has 0 rings (SSSR count). The van der Waals surface area contributed by atoms with Crippen LogP contribution in [0.15, 0.2) is 134 Å². The standard InChI is InChI=1S/C68H111NO8/c1-6-8-10-12-14-16-18-20-22-24-26-28-30-31-32-33-34-35-37-39-41-43-45-47-49-51-53-55-57-59-66(71)77-64(63-76-68(67(72)73)74-61-60-69(3,4)5)62-75-65(70)58-56-54-52-50-48-46-44-42-40-38-36-29-27-25-23-21-19-17-15-13-11-9-7-2/h8-11,14-17,20-23,26-29,31-32,34-35,38,40,64,68H,6-7,12-13,18-19,24-25,30,33,36-37,39,41-63H2,1-5H3/p+1/b10-8-,11-9-,16-14-,17-15-,22-20-,23-21-,28-26-,29-27-,32-31-,35-34-,40-38-. The molecule has 0 saturated carbocycles. The molecule has 9 heteroatoms. The number of carbonyl (C=O) groups excluding carboxylic acids is 2. The van der Waals surface area contributed by atoms with E-state index in [9.17, 15) is 19.5 Å². The molecule has 2 unspecified atom stereocenters. The third-order valence-corrected chi connectivity index (χ3v) is 12.4. The first-order valence-corrected chi connectivity index (χ1v) is 30.3. The zero-order valence-corrected chi connectivity index (χ0v) is 49.6. The van der Waals surface area contributed by atoms with Crippen molar-refractivity contribution in [3.05, 3.63) is 134 Å². The summed E-state index contributed by atoms with van der Waals surface area (Å²) in [4.78, 5) is 37.5. The zero-order chi connectivity index (χ0) is 56.2. The van der Waals surface area contributed by atoms with E-state index in [0.29, 0.717) is 17.4 Å². The van der Waals surface area contributed by atoms with Crippen molar-refractivity contribution in [3.8, 4) is 0 Å². The van der Waals surface area contributed by atoms with Gasteiger partial charge in [0, 0.05) is 12.8 Å². The maximum Gasteiger partial charge on any atom is 0.361 e. The van der Waals surface area contributed by atoms with Crippen LogP contribution in [-0.2, 0) is 33.3 Å². The van der Waals surface area contributed by atoms with Gasteiger partial charge in [0.1, 0.15) is 13.2 Å². The number of quaternary nitrogens is 1. The Bertz CT molecular complexity index is 1720. The summed E-state index contributed by atoms with van der Waals surface area (Å²) in [6.45, 7) is 4.62. The minimum atomic E-state index is -1.52. The largest absolute Gasteiger partial charge is 0.477 e. The highest BCUT2D eigenvalue weighted by atomic mass is 16.7. The van der Waals surface area contributed by atoms with E-state index in [4.69, 9.17) is 18.9 Å². The van der Waals surface area contributed by atoms with Gasteiger partial charge in [-0.2, -0.15) is 0 Å². The lowest BCUT2D eigenvalue weighted by Gasteiger charge is -2.25. The lowest BCUT2D eigenvalue weighted by atomic mass is 10.0. The van der Waals surface area contributed by atoms with E-state index in [1.54, 1.807) is 0 Å². The van der Waals surface area contributed by atoms with Gasteiger partial charge < -0.3 is 28.5 Å². The van der Waals surface area contributed by atoms with Gasteiger partial charge in [-0.3, -0.25) is 9.59 Å². The Labute approximate surface area is 471 Å². The molecule has 0 spiro atoms. The van der Waals surface area contributed by atoms with E-state index in [1.165, 1.54) is 57.8 Å². The number of aliphatic carboxylic acids is 1. The number of esters is 2. The molecule has 0 bridgehead atoms. The number of nitrogens with zero attached hydrogens (tertiary/aromatic N) is 1. The Kier molecular flexibility index (Phi) is 54.2. The maximum atomic E-state index is 12.9. The lowest BCUT2D eigenvalue weighted by Crippen LogP contribution is -2.40. The van der Waals surface area contributed by atoms with Gasteiger partial charge in [0.2, 0.25) is 0 Å². The number of ether oxygens (including phenoxy) is 4. The number of carboxylic acid groups (broad SMARTS) is 1. The van der Waals surface area contributed by atoms with Gasteiger partial charge in [-0.1, -0.05) is 231 Å². The van der Waals surface area contributed by atoms with Gasteiger partial charge in [0.25, 0.3) is 6.29 Å². The van der Waals surface area contributed by atoms with Gasteiger partial charge in [0.15, 0.2) is 6.10 Å². The van der Waals surface area contributed by atoms with Crippen LogP contribution in [0.25, 0.3) is 0 Å². The molecule has 436 valence electrons. The molecule has 1 N–H and O–H groups in total. The van der Waals surface area contributed by atoms with Crippen LogP contribution >= 0.6 is 0 Å². The molecule has 0 amide bonds. The summed E-state index contributed by atoms with van der Waals surface area (Å²) < 4.78 is 22.9. The van der Waals surface area contributed by atoms with Gasteiger partial charge >= 0.3 is 17.9 Å². The molecule has 0 fully saturated rings. The summed E-state index contributed by atoms with van der Waals surface area (Å²) in [5.41, 5.74) is 0. The summed E-state index contributed by atoms with van der Waals surface area (Å²) in [7, 11) is 5.96. The van der Waals surface area contributed by atoms with Gasteiger partial charge in [0.05, 0.1) is 34.4 Å². The van der Waals surface area contributed by atoms with Crippen LogP contribution in [0.2, 0.25) is 0 Å². The number of unbranched alkanes of at least 4 members (excludes halogenated alkanes) is 17. The highest BCUT2D eigenvalue weighted by Crippen LogP contribution is 2.15. The predicted octanol–water partition coefficient (Wildman–Crippen LogP) is 18.2. The fourth-order valence-corrected chi connectivity index (χ4v) is 7.81. The van der Waals surface area contributed by atoms with E-state index in [1.807, 2.05) is 21.1 Å². The molecule has 0 aromatic heterocycles. The van der Waals surface area contributed by atoms with Gasteiger partial charge in [-0.05, 0) is 109 Å². The fourth-order valence-electron chi connectivity index (χ4n) is 7.81. The monoisotopic (exact) mass is 1070 g/mol. The lowest BCUT2D eigenvalue weighted by molar-refractivity contribution is -0.870. The molecular formula is C68H112NO8+. The first-order chi connectivity index (χ1) is 37.6. The molecule has 2 atom stereocenters. The van der Waals surface area contributed by atoms with Crippen LogP contribution in [0, 0.1) is 0 Å². The molecule has 0 aromatic rings. The van der Waals surface area contributed by atoms with Crippen molar-refractivity contribution in [2.24, 2.45) is 0 Å². The average molecular weight is 1070 g/mol. The van der Waals surface area contributed by atoms with Gasteiger partial charge in [-0.25, -0.2) is 4.79 Å². The highest BCUT2D eigenvalue weighted by Gasteiger charge is 2.25. The number of likely N-dealkylation sites (N-methyl/N-ethyl adjacent to an activating group) is 1. The molecule has 0 radical (unpaired) electrons. The summed E-state index contributed by atoms with van der Waals surface area (Å²) in [5.74, 6) is -2.04. The van der Waals surface area contributed by atoms with Gasteiger partial charge in [-0.15, -0.1) is 0 Å². The third-order valence-electron chi connectivity index (χ3n) is 12.4. The summed E-state index contributed by atoms with van der Waals surface area (Å²) >= 11 is 0. The summed E-state index contributed by atoms with van der Waals surface area (Å²) in [6.07, 6.45) is 79.5. The van der Waals surface area contributed by atoms with Crippen LogP contribution < -0.4 is 0 Å². The number of allylic oxidation sites excluding steroid dienone is 22. The molecule has 0 aromatic carbocycles. The number of hydrogen-bond donors (Lipinski definition) is 1. The molecule has 77 heavy (non-hydrogen) atoms. The minimum absolute atomic E-state index is 0.177. The minimum Gasteiger partial charge on any atom is -0.477 e. The predicted molar refractivity (Wildman–Crippen MR) is 327 cm³/mol. The second-order valence-electron chi connectivity index (χ2n) is 20.9. The fraction of sp³-hybridized carbons (Fsp3) is 0.632. The van der Waals surface area contributed by atoms with E-state index in [2.05, 4.69) is 148 Å². The van der Waals surface area contributed by atoms with E-state index >= 15 is 0 Å². The number of carboxylic acids is 1. The summed E-state index contributed by atoms with van der Waals surface area (Å²) in [6, 6.07) is 0. The van der Waals surface area contributed by atoms with Crippen molar-refractivity contribution in [2.45, 2.75) is 232 Å². The second-order valence-corrected chi connectivity index (χ2v) is 20.9. The molecular weight excluding hydrogens is 959 g/mol. The van der Waals surface area contributed by atoms with Crippen molar-refractivity contribution in [1.82, 2.24) is 0 Å². The second kappa shape index (κ2) is 57.6. The van der Waals surface area contributed by atoms with E-state index < -0.39 is 24.3 Å². The quantitative estimate of drug-likeness (QED) is 0.0211. The molecule has 0 heterocycles. The van der Waals surface area contributed by atoms with Crippen LogP contribution in [-0.4, -0.2) is 87.4 Å². The van der Waals surface area contributed by atoms with Crippen molar-refractivity contribution >= 4 is 17.9 Å². The Balaban J connectivity index is 4.28. The van der Waals surface area contributed by atoms with Crippen LogP contribution in [0.1, 0.15) is 219 Å². The molecule has 0 aliphatic carbocycles. The number of rotatable bonds is 54. The normalized spacial score (nSPS) is 13.7. The Morgan fingerprint density at radius 1 is 0.390 bits per heavy atom. The SMILES string of the molecule is CC/C=C\C/C=C\C/C=C\C/C=C\C/C=C\C/C=C\CCCCCCCCCCCCC(=O)OC(COC(=O)CCCCCCCCC/C=C\C/C=C\C/C=C\C/C=C\C/C=C\CC)COC(OCC[N+](C)(C)C)C(=O)O. The van der Waals surface area contributed by atoms with Crippen molar-refractivity contribution < 1.29 is 42.9 Å². The molecule has 0 aliphatic heterocycles. The maximum absolute atomic E-state index is 12.9. The smallest absolute Gasteiger partial charge is 0.361 e. The van der Waals surface area contributed by atoms with E-state index in [0.717, 1.165) is 128 Å². The zero-order valence-electron chi connectivity index (χ0n) is 49.6.